The van der Waals surface area contributed by atoms with Gasteiger partial charge in [-0.3, -0.25) is 19.2 Å². The minimum Gasteiger partial charge on any atom is -0.495 e. The van der Waals surface area contributed by atoms with Crippen LogP contribution < -0.4 is 19.1 Å². The van der Waals surface area contributed by atoms with Crippen molar-refractivity contribution in [1.82, 2.24) is 0 Å². The van der Waals surface area contributed by atoms with Gasteiger partial charge in [0.15, 0.2) is 0 Å². The highest BCUT2D eigenvalue weighted by atomic mass is 32.2. The van der Waals surface area contributed by atoms with Gasteiger partial charge in [-0.1, -0.05) is 30.3 Å². The van der Waals surface area contributed by atoms with Crippen molar-refractivity contribution >= 4 is 33.0 Å². The summed E-state index contributed by atoms with van der Waals surface area (Å²) < 4.78 is 38.2. The second-order valence-electron chi connectivity index (χ2n) is 6.69. The number of anilines is 2. The molecule has 0 heterocycles. The fraction of sp³-hybridized carbons (Fsp3) is 0.136. The van der Waals surface area contributed by atoms with Gasteiger partial charge >= 0.3 is 0 Å². The third kappa shape index (κ3) is 5.21. The molecule has 0 aliphatic rings. The Labute approximate surface area is 190 Å². The van der Waals surface area contributed by atoms with Gasteiger partial charge in [0.25, 0.3) is 15.7 Å². The molecule has 10 nitrogen and oxygen atoms in total. The van der Waals surface area contributed by atoms with Crippen molar-refractivity contribution in [2.24, 2.45) is 0 Å². The molecule has 33 heavy (non-hydrogen) atoms. The summed E-state index contributed by atoms with van der Waals surface area (Å²) in [5.41, 5.74) is -0.0663. The van der Waals surface area contributed by atoms with E-state index in [4.69, 9.17) is 9.47 Å². The number of carbonyl (C=O) groups excluding carboxylic acids is 1. The van der Waals surface area contributed by atoms with Crippen LogP contribution in [0.25, 0.3) is 0 Å². The number of sulfonamides is 1. The number of hydrogen-bond acceptors (Lipinski definition) is 7. The number of methoxy groups -OCH3 is 2. The number of rotatable bonds is 9. The Morgan fingerprint density at radius 3 is 2.24 bits per heavy atom. The first-order valence-electron chi connectivity index (χ1n) is 9.61. The molecule has 0 saturated carbocycles. The minimum absolute atomic E-state index is 0.0170. The molecule has 0 atom stereocenters. The molecule has 0 spiro atoms. The van der Waals surface area contributed by atoms with E-state index in [0.717, 1.165) is 10.4 Å². The molecular formula is C22H21N3O7S. The van der Waals surface area contributed by atoms with Crippen LogP contribution in [0.4, 0.5) is 17.1 Å². The maximum atomic E-state index is 13.4. The molecule has 0 aliphatic carbocycles. The molecule has 3 aromatic carbocycles. The molecule has 3 aromatic rings. The fourth-order valence-corrected chi connectivity index (χ4v) is 4.54. The van der Waals surface area contributed by atoms with Gasteiger partial charge in [-0.2, -0.15) is 0 Å². The number of nitrogens with zero attached hydrogens (tertiary/aromatic N) is 2. The Morgan fingerprint density at radius 1 is 0.970 bits per heavy atom. The first-order valence-corrected chi connectivity index (χ1v) is 11.0. The Morgan fingerprint density at radius 2 is 1.61 bits per heavy atom. The summed E-state index contributed by atoms with van der Waals surface area (Å²) in [4.78, 5) is 23.4. The third-order valence-electron chi connectivity index (χ3n) is 4.64. The van der Waals surface area contributed by atoms with Gasteiger partial charge in [-0.05, 0) is 30.3 Å². The molecule has 0 aromatic heterocycles. The lowest BCUT2D eigenvalue weighted by Gasteiger charge is -2.25. The number of benzene rings is 3. The van der Waals surface area contributed by atoms with E-state index in [-0.39, 0.29) is 33.5 Å². The van der Waals surface area contributed by atoms with E-state index in [2.05, 4.69) is 5.32 Å². The average molecular weight is 471 g/mol. The molecule has 3 rings (SSSR count). The lowest BCUT2D eigenvalue weighted by molar-refractivity contribution is -0.384. The maximum Gasteiger partial charge on any atom is 0.271 e. The summed E-state index contributed by atoms with van der Waals surface area (Å²) >= 11 is 0. The summed E-state index contributed by atoms with van der Waals surface area (Å²) in [7, 11) is -1.42. The van der Waals surface area contributed by atoms with Gasteiger partial charge in [-0.25, -0.2) is 8.42 Å². The maximum absolute atomic E-state index is 13.4. The van der Waals surface area contributed by atoms with Crippen LogP contribution in [0.3, 0.4) is 0 Å². The predicted octanol–water partition coefficient (Wildman–Crippen LogP) is 3.45. The van der Waals surface area contributed by atoms with Crippen LogP contribution in [0.1, 0.15) is 0 Å². The van der Waals surface area contributed by atoms with Crippen LogP contribution in [0.15, 0.2) is 77.7 Å². The molecule has 1 amide bonds. The van der Waals surface area contributed by atoms with E-state index in [0.29, 0.717) is 0 Å². The highest BCUT2D eigenvalue weighted by molar-refractivity contribution is 7.92. The van der Waals surface area contributed by atoms with Crippen molar-refractivity contribution < 1.29 is 27.6 Å². The van der Waals surface area contributed by atoms with Crippen molar-refractivity contribution in [1.29, 1.82) is 0 Å². The van der Waals surface area contributed by atoms with Crippen LogP contribution in [0, 0.1) is 10.1 Å². The zero-order valence-electron chi connectivity index (χ0n) is 17.8. The van der Waals surface area contributed by atoms with Crippen molar-refractivity contribution in [2.75, 3.05) is 30.4 Å². The summed E-state index contributed by atoms with van der Waals surface area (Å²) in [5, 5.41) is 13.6. The van der Waals surface area contributed by atoms with Gasteiger partial charge < -0.3 is 14.8 Å². The quantitative estimate of drug-likeness (QED) is 0.374. The number of carbonyl (C=O) groups is 1. The summed E-state index contributed by atoms with van der Waals surface area (Å²) in [6.45, 7) is -0.622. The molecule has 0 fully saturated rings. The monoisotopic (exact) mass is 471 g/mol. The summed E-state index contributed by atoms with van der Waals surface area (Å²) in [5.74, 6) is -0.305. The van der Waals surface area contributed by atoms with Crippen LogP contribution in [0.2, 0.25) is 0 Å². The lowest BCUT2D eigenvalue weighted by atomic mass is 10.2. The number of ether oxygens (including phenoxy) is 2. The molecule has 172 valence electrons. The zero-order chi connectivity index (χ0) is 24.0. The minimum atomic E-state index is -4.16. The van der Waals surface area contributed by atoms with Crippen molar-refractivity contribution in [3.63, 3.8) is 0 Å². The standard InChI is InChI=1S/C22H21N3O7S/c1-31-20-13-12-16(25(27)28)14-18(20)23-22(26)15-24(19-10-6-7-11-21(19)32-2)33(29,30)17-8-4-3-5-9-17/h3-14H,15H2,1-2H3,(H,23,26). The fourth-order valence-electron chi connectivity index (χ4n) is 3.08. The SMILES string of the molecule is COc1ccc([N+](=O)[O-])cc1NC(=O)CN(c1ccccc1OC)S(=O)(=O)c1ccccc1. The van der Waals surface area contributed by atoms with E-state index in [1.807, 2.05) is 0 Å². The summed E-state index contributed by atoms with van der Waals surface area (Å²) in [6, 6.07) is 17.7. The van der Waals surface area contributed by atoms with Crippen LogP contribution >= 0.6 is 0 Å². The number of nitro groups is 1. The van der Waals surface area contributed by atoms with Gasteiger partial charge in [0.2, 0.25) is 5.91 Å². The van der Waals surface area contributed by atoms with Gasteiger partial charge in [0.1, 0.15) is 18.0 Å². The van der Waals surface area contributed by atoms with Crippen molar-refractivity contribution in [3.8, 4) is 11.5 Å². The molecule has 1 N–H and O–H groups in total. The Bertz CT molecular complexity index is 1260. The third-order valence-corrected chi connectivity index (χ3v) is 6.41. The molecule has 0 aliphatic heterocycles. The highest BCUT2D eigenvalue weighted by Gasteiger charge is 2.29. The number of non-ortho nitro benzene ring substituents is 1. The number of nitrogens with one attached hydrogen (secondary N) is 1. The van der Waals surface area contributed by atoms with Gasteiger partial charge in [-0.15, -0.1) is 0 Å². The largest absolute Gasteiger partial charge is 0.495 e. The first-order chi connectivity index (χ1) is 15.8. The van der Waals surface area contributed by atoms with Crippen LogP contribution in [-0.4, -0.2) is 40.0 Å². The molecule has 0 radical (unpaired) electrons. The number of hydrogen-bond donors (Lipinski definition) is 1. The number of nitro benzene ring substituents is 1. The van der Waals surface area contributed by atoms with Crippen molar-refractivity contribution in [3.05, 3.63) is 82.9 Å². The summed E-state index contributed by atoms with van der Waals surface area (Å²) in [6.07, 6.45) is 0. The van der Waals surface area contributed by atoms with Gasteiger partial charge in [0.05, 0.1) is 35.4 Å². The first kappa shape index (κ1) is 23.5. The topological polar surface area (TPSA) is 128 Å². The Kier molecular flexibility index (Phi) is 7.13. The van der Waals surface area contributed by atoms with Crippen LogP contribution in [0.5, 0.6) is 11.5 Å². The van der Waals surface area contributed by atoms with Crippen molar-refractivity contribution in [2.45, 2.75) is 4.90 Å². The number of amides is 1. The molecule has 11 heteroatoms. The highest BCUT2D eigenvalue weighted by Crippen LogP contribution is 2.33. The second kappa shape index (κ2) is 10.0. The van der Waals surface area contributed by atoms with E-state index in [1.54, 1.807) is 36.4 Å². The average Bonchev–Trinajstić information content (AvgIpc) is 2.82. The predicted molar refractivity (Wildman–Crippen MR) is 122 cm³/mol. The van der Waals surface area contributed by atoms with E-state index < -0.39 is 27.4 Å². The number of para-hydroxylation sites is 2. The normalized spacial score (nSPS) is 10.8. The smallest absolute Gasteiger partial charge is 0.271 e. The van der Waals surface area contributed by atoms with E-state index in [1.165, 1.54) is 44.6 Å². The molecule has 0 saturated heterocycles. The van der Waals surface area contributed by atoms with Crippen LogP contribution in [-0.2, 0) is 14.8 Å². The van der Waals surface area contributed by atoms with Gasteiger partial charge in [0, 0.05) is 12.1 Å². The lowest BCUT2D eigenvalue weighted by Crippen LogP contribution is -2.38. The molecular weight excluding hydrogens is 450 g/mol. The zero-order valence-corrected chi connectivity index (χ0v) is 18.6. The van der Waals surface area contributed by atoms with E-state index in [9.17, 15) is 23.3 Å². The molecule has 0 bridgehead atoms. The Balaban J connectivity index is 2.00. The van der Waals surface area contributed by atoms with E-state index >= 15 is 0 Å². The second-order valence-corrected chi connectivity index (χ2v) is 8.55. The Hall–Kier alpha value is -4.12. The molecule has 0 unspecified atom stereocenters.